The van der Waals surface area contributed by atoms with Crippen molar-refractivity contribution in [3.05, 3.63) is 0 Å². The molecule has 0 atom stereocenters. The van der Waals surface area contributed by atoms with Crippen LogP contribution in [-0.2, 0) is 9.47 Å². The molecule has 0 radical (unpaired) electrons. The van der Waals surface area contributed by atoms with Crippen LogP contribution >= 0.6 is 0 Å². The summed E-state index contributed by atoms with van der Waals surface area (Å²) in [7, 11) is 0. The average molecular weight is 288 g/mol. The van der Waals surface area contributed by atoms with Crippen LogP contribution in [0.5, 0.6) is 0 Å². The van der Waals surface area contributed by atoms with Gasteiger partial charge in [-0.3, -0.25) is 0 Å². The quantitative estimate of drug-likeness (QED) is 0.804. The zero-order chi connectivity index (χ0) is 16.0. The van der Waals surface area contributed by atoms with Crippen molar-refractivity contribution in [3.63, 3.8) is 0 Å². The summed E-state index contributed by atoms with van der Waals surface area (Å²) < 4.78 is 10.4. The Balaban J connectivity index is 4.79. The molecule has 2 N–H and O–H groups in total. The molecule has 0 aliphatic heterocycles. The highest BCUT2D eigenvalue weighted by Gasteiger charge is 2.30. The van der Waals surface area contributed by atoms with Crippen LogP contribution in [0.4, 0.5) is 9.59 Å². The van der Waals surface area contributed by atoms with Crippen LogP contribution in [0.1, 0.15) is 54.4 Å². The van der Waals surface area contributed by atoms with Gasteiger partial charge in [-0.2, -0.15) is 0 Å². The second-order valence-corrected chi connectivity index (χ2v) is 6.61. The van der Waals surface area contributed by atoms with Crippen molar-refractivity contribution >= 4 is 12.2 Å². The van der Waals surface area contributed by atoms with E-state index < -0.39 is 23.4 Å². The van der Waals surface area contributed by atoms with Gasteiger partial charge in [0.05, 0.1) is 0 Å². The van der Waals surface area contributed by atoms with Crippen LogP contribution in [0.15, 0.2) is 0 Å². The van der Waals surface area contributed by atoms with E-state index in [1.54, 1.807) is 41.5 Å². The summed E-state index contributed by atoms with van der Waals surface area (Å²) in [5.41, 5.74) is 4.10. The van der Waals surface area contributed by atoms with Crippen molar-refractivity contribution in [2.75, 3.05) is 13.1 Å². The molecule has 6 nitrogen and oxygen atoms in total. The van der Waals surface area contributed by atoms with Gasteiger partial charge in [0.2, 0.25) is 0 Å². The van der Waals surface area contributed by atoms with E-state index in [4.69, 9.17) is 15.2 Å². The van der Waals surface area contributed by atoms with Gasteiger partial charge in [0.25, 0.3) is 0 Å². The van der Waals surface area contributed by atoms with Crippen molar-refractivity contribution in [3.8, 4) is 0 Å². The minimum atomic E-state index is -0.691. The highest BCUT2D eigenvalue weighted by atomic mass is 16.6. The highest BCUT2D eigenvalue weighted by Crippen LogP contribution is 2.15. The Kier molecular flexibility index (Phi) is 6.99. The maximum atomic E-state index is 12.1. The number of imide groups is 1. The van der Waals surface area contributed by atoms with Crippen LogP contribution in [0.3, 0.4) is 0 Å². The number of amides is 2. The van der Waals surface area contributed by atoms with Gasteiger partial charge in [-0.1, -0.05) is 0 Å². The minimum Gasteiger partial charge on any atom is -0.443 e. The number of hydrogen-bond acceptors (Lipinski definition) is 5. The fourth-order valence-electron chi connectivity index (χ4n) is 1.31. The second kappa shape index (κ2) is 7.47. The first-order valence-electron chi connectivity index (χ1n) is 6.90. The van der Waals surface area contributed by atoms with Gasteiger partial charge < -0.3 is 15.2 Å². The predicted molar refractivity (Wildman–Crippen MR) is 77.5 cm³/mol. The standard InChI is InChI=1S/C14H28N2O4/c1-13(2,3)19-11(17)16(10-8-7-9-15)12(18)20-14(4,5)6/h7-10,15H2,1-6H3. The van der Waals surface area contributed by atoms with E-state index in [0.29, 0.717) is 13.0 Å². The Morgan fingerprint density at radius 2 is 1.30 bits per heavy atom. The molecule has 118 valence electrons. The molecule has 0 bridgehead atoms. The van der Waals surface area contributed by atoms with Gasteiger partial charge in [0.1, 0.15) is 11.2 Å². The second-order valence-electron chi connectivity index (χ2n) is 6.61. The van der Waals surface area contributed by atoms with Gasteiger partial charge in [0.15, 0.2) is 0 Å². The monoisotopic (exact) mass is 288 g/mol. The molecule has 0 saturated carbocycles. The zero-order valence-electron chi connectivity index (χ0n) is 13.5. The Hall–Kier alpha value is -1.30. The normalized spacial score (nSPS) is 11.9. The summed E-state index contributed by atoms with van der Waals surface area (Å²) in [4.78, 5) is 25.1. The SMILES string of the molecule is CC(C)(C)OC(=O)N(CCCCN)C(=O)OC(C)(C)C. The Bertz CT molecular complexity index is 301. The summed E-state index contributed by atoms with van der Waals surface area (Å²) >= 11 is 0. The fraction of sp³-hybridized carbons (Fsp3) is 0.857. The maximum absolute atomic E-state index is 12.1. The number of nitrogens with two attached hydrogens (primary N) is 1. The predicted octanol–water partition coefficient (Wildman–Crippen LogP) is 2.90. The third-order valence-electron chi connectivity index (χ3n) is 2.06. The number of carbonyl (C=O) groups is 2. The molecule has 2 amide bonds. The van der Waals surface area contributed by atoms with Gasteiger partial charge in [-0.25, -0.2) is 14.5 Å². The first kappa shape index (κ1) is 18.7. The minimum absolute atomic E-state index is 0.237. The fourth-order valence-corrected chi connectivity index (χ4v) is 1.31. The van der Waals surface area contributed by atoms with E-state index in [-0.39, 0.29) is 6.54 Å². The first-order valence-corrected chi connectivity index (χ1v) is 6.90. The average Bonchev–Trinajstić information content (AvgIpc) is 2.18. The lowest BCUT2D eigenvalue weighted by molar-refractivity contribution is 0.00123. The van der Waals surface area contributed by atoms with Crippen molar-refractivity contribution in [2.45, 2.75) is 65.6 Å². The topological polar surface area (TPSA) is 81.9 Å². The molecule has 0 saturated heterocycles. The number of rotatable bonds is 4. The van der Waals surface area contributed by atoms with Crippen LogP contribution in [-0.4, -0.2) is 41.4 Å². The lowest BCUT2D eigenvalue weighted by atomic mass is 10.2. The summed E-state index contributed by atoms with van der Waals surface area (Å²) in [6.07, 6.45) is -0.0376. The molecule has 0 aliphatic carbocycles. The first-order chi connectivity index (χ1) is 8.96. The number of hydrogen-bond donors (Lipinski definition) is 1. The molecule has 6 heteroatoms. The van der Waals surface area contributed by atoms with Gasteiger partial charge in [-0.05, 0) is 60.9 Å². The Morgan fingerprint density at radius 3 is 1.60 bits per heavy atom. The smallest absolute Gasteiger partial charge is 0.419 e. The van der Waals surface area contributed by atoms with Gasteiger partial charge in [-0.15, -0.1) is 0 Å². The van der Waals surface area contributed by atoms with E-state index in [1.807, 2.05) is 0 Å². The van der Waals surface area contributed by atoms with E-state index >= 15 is 0 Å². The summed E-state index contributed by atoms with van der Waals surface area (Å²) in [6.45, 7) is 11.2. The molecular formula is C14H28N2O4. The molecule has 0 unspecified atom stereocenters. The number of carbonyl (C=O) groups excluding carboxylic acids is 2. The summed E-state index contributed by atoms with van der Waals surface area (Å²) in [5.74, 6) is 0. The number of ether oxygens (including phenoxy) is 2. The molecule has 0 aliphatic rings. The van der Waals surface area contributed by atoms with Crippen LogP contribution < -0.4 is 5.73 Å². The number of unbranched alkanes of at least 4 members (excludes halogenated alkanes) is 1. The highest BCUT2D eigenvalue weighted by molar-refractivity contribution is 5.88. The van der Waals surface area contributed by atoms with Gasteiger partial charge >= 0.3 is 12.2 Å². The molecule has 0 rings (SSSR count). The van der Waals surface area contributed by atoms with Crippen molar-refractivity contribution in [2.24, 2.45) is 5.73 Å². The van der Waals surface area contributed by atoms with E-state index in [2.05, 4.69) is 0 Å². The van der Waals surface area contributed by atoms with Gasteiger partial charge in [0, 0.05) is 6.54 Å². The van der Waals surface area contributed by atoms with E-state index in [9.17, 15) is 9.59 Å². The molecular weight excluding hydrogens is 260 g/mol. The third kappa shape index (κ3) is 8.74. The van der Waals surface area contributed by atoms with E-state index in [0.717, 1.165) is 11.3 Å². The lowest BCUT2D eigenvalue weighted by Crippen LogP contribution is -2.44. The Morgan fingerprint density at radius 1 is 0.900 bits per heavy atom. The summed E-state index contributed by atoms with van der Waals surface area (Å²) in [6, 6.07) is 0. The maximum Gasteiger partial charge on any atom is 0.419 e. The summed E-state index contributed by atoms with van der Waals surface area (Å²) in [5, 5.41) is 0. The number of nitrogens with zero attached hydrogens (tertiary/aromatic N) is 1. The lowest BCUT2D eigenvalue weighted by Gasteiger charge is -2.28. The van der Waals surface area contributed by atoms with Crippen LogP contribution in [0, 0.1) is 0 Å². The van der Waals surface area contributed by atoms with Crippen LogP contribution in [0.2, 0.25) is 0 Å². The Labute approximate surface area is 121 Å². The van der Waals surface area contributed by atoms with Crippen molar-refractivity contribution in [1.29, 1.82) is 0 Å². The van der Waals surface area contributed by atoms with E-state index in [1.165, 1.54) is 0 Å². The molecule has 0 spiro atoms. The van der Waals surface area contributed by atoms with Crippen molar-refractivity contribution in [1.82, 2.24) is 4.90 Å². The van der Waals surface area contributed by atoms with Crippen molar-refractivity contribution < 1.29 is 19.1 Å². The third-order valence-corrected chi connectivity index (χ3v) is 2.06. The molecule has 0 aromatic rings. The molecule has 0 aromatic heterocycles. The molecule has 0 aromatic carbocycles. The molecule has 0 fully saturated rings. The van der Waals surface area contributed by atoms with Crippen LogP contribution in [0.25, 0.3) is 0 Å². The molecule has 0 heterocycles. The largest absolute Gasteiger partial charge is 0.443 e. The molecule has 20 heavy (non-hydrogen) atoms. The zero-order valence-corrected chi connectivity index (χ0v) is 13.5.